The van der Waals surface area contributed by atoms with Crippen molar-refractivity contribution in [3.63, 3.8) is 0 Å². The number of carbonyl (C=O) groups is 1. The van der Waals surface area contributed by atoms with Gasteiger partial charge in [-0.1, -0.05) is 6.92 Å². The van der Waals surface area contributed by atoms with Crippen molar-refractivity contribution in [1.29, 1.82) is 0 Å². The van der Waals surface area contributed by atoms with Crippen LogP contribution in [0.4, 0.5) is 5.82 Å². The predicted octanol–water partition coefficient (Wildman–Crippen LogP) is -0.480. The van der Waals surface area contributed by atoms with Crippen LogP contribution < -0.4 is 15.8 Å². The van der Waals surface area contributed by atoms with Gasteiger partial charge >= 0.3 is 0 Å². The molecule has 7 nitrogen and oxygen atoms in total. The Labute approximate surface area is 124 Å². The van der Waals surface area contributed by atoms with E-state index in [1.165, 1.54) is 0 Å². The second kappa shape index (κ2) is 6.71. The summed E-state index contributed by atoms with van der Waals surface area (Å²) in [6, 6.07) is -0.383. The van der Waals surface area contributed by atoms with Crippen LogP contribution in [0.15, 0.2) is 17.2 Å². The largest absolute Gasteiger partial charge is 0.347 e. The molecule has 7 heteroatoms. The lowest BCUT2D eigenvalue weighted by Crippen LogP contribution is -2.59. The highest BCUT2D eigenvalue weighted by molar-refractivity contribution is 5.85. The summed E-state index contributed by atoms with van der Waals surface area (Å²) in [6.07, 6.45) is 4.21. The van der Waals surface area contributed by atoms with E-state index in [1.54, 1.807) is 36.0 Å². The van der Waals surface area contributed by atoms with Crippen molar-refractivity contribution in [1.82, 2.24) is 19.8 Å². The highest BCUT2D eigenvalue weighted by atomic mass is 16.2. The molecule has 0 aliphatic carbocycles. The maximum Gasteiger partial charge on any atom is 0.293 e. The molecule has 1 fully saturated rings. The summed E-state index contributed by atoms with van der Waals surface area (Å²) < 4.78 is 1.65. The van der Waals surface area contributed by atoms with Gasteiger partial charge in [0.15, 0.2) is 5.82 Å². The van der Waals surface area contributed by atoms with Crippen LogP contribution in [0.3, 0.4) is 0 Å². The Morgan fingerprint density at radius 3 is 2.95 bits per heavy atom. The van der Waals surface area contributed by atoms with Crippen molar-refractivity contribution >= 4 is 11.7 Å². The number of piperazine rings is 1. The first-order valence-electron chi connectivity index (χ1n) is 7.30. The predicted molar refractivity (Wildman–Crippen MR) is 81.5 cm³/mol. The van der Waals surface area contributed by atoms with Gasteiger partial charge in [0.1, 0.15) is 6.04 Å². The minimum absolute atomic E-state index is 0.0192. The van der Waals surface area contributed by atoms with E-state index in [9.17, 15) is 9.59 Å². The quantitative estimate of drug-likeness (QED) is 0.812. The topological polar surface area (TPSA) is 70.5 Å². The molecule has 0 aromatic carbocycles. The third-order valence-corrected chi connectivity index (χ3v) is 3.60. The van der Waals surface area contributed by atoms with E-state index in [0.29, 0.717) is 25.5 Å². The normalized spacial score (nSPS) is 18.6. The lowest BCUT2D eigenvalue weighted by atomic mass is 10.1. The first kappa shape index (κ1) is 15.5. The molecular weight excluding hydrogens is 270 g/mol. The average molecular weight is 293 g/mol. The minimum Gasteiger partial charge on any atom is -0.347 e. The van der Waals surface area contributed by atoms with Crippen molar-refractivity contribution in [2.24, 2.45) is 0 Å². The van der Waals surface area contributed by atoms with Gasteiger partial charge in [0.05, 0.1) is 0 Å². The maximum absolute atomic E-state index is 12.5. The Hall–Kier alpha value is -1.89. The number of amides is 1. The molecule has 1 atom stereocenters. The second-order valence-corrected chi connectivity index (χ2v) is 5.40. The SMILES string of the molecule is CCCn1ccnc(N2CCNCC2C(=O)N(C)C)c1=O. The summed E-state index contributed by atoms with van der Waals surface area (Å²) in [5.74, 6) is 0.349. The van der Waals surface area contributed by atoms with Gasteiger partial charge < -0.3 is 19.7 Å². The zero-order chi connectivity index (χ0) is 15.4. The molecule has 0 bridgehead atoms. The fourth-order valence-electron chi connectivity index (χ4n) is 2.53. The molecule has 0 radical (unpaired) electrons. The van der Waals surface area contributed by atoms with Crippen molar-refractivity contribution in [2.45, 2.75) is 25.9 Å². The summed E-state index contributed by atoms with van der Waals surface area (Å²) in [7, 11) is 3.45. The van der Waals surface area contributed by atoms with Gasteiger partial charge in [-0.25, -0.2) is 4.98 Å². The van der Waals surface area contributed by atoms with Crippen LogP contribution in [0.5, 0.6) is 0 Å². The number of aromatic nitrogens is 2. The Kier molecular flexibility index (Phi) is 4.95. The summed E-state index contributed by atoms with van der Waals surface area (Å²) in [4.78, 5) is 32.4. The molecule has 1 N–H and O–H groups in total. The molecule has 116 valence electrons. The van der Waals surface area contributed by atoms with Crippen molar-refractivity contribution in [3.05, 3.63) is 22.7 Å². The summed E-state index contributed by atoms with van der Waals surface area (Å²) in [5.41, 5.74) is -0.127. The fourth-order valence-corrected chi connectivity index (χ4v) is 2.53. The number of rotatable bonds is 4. The van der Waals surface area contributed by atoms with Crippen LogP contribution in [0.1, 0.15) is 13.3 Å². The number of aryl methyl sites for hydroxylation is 1. The summed E-state index contributed by atoms with van der Waals surface area (Å²) in [6.45, 7) is 4.55. The molecule has 2 heterocycles. The fraction of sp³-hybridized carbons (Fsp3) is 0.643. The number of hydrogen-bond acceptors (Lipinski definition) is 5. The Morgan fingerprint density at radius 2 is 2.29 bits per heavy atom. The van der Waals surface area contributed by atoms with E-state index >= 15 is 0 Å². The highest BCUT2D eigenvalue weighted by Crippen LogP contribution is 2.12. The van der Waals surface area contributed by atoms with Crippen LogP contribution >= 0.6 is 0 Å². The molecule has 0 saturated carbocycles. The van der Waals surface area contributed by atoms with Gasteiger partial charge in [-0.2, -0.15) is 0 Å². The summed E-state index contributed by atoms with van der Waals surface area (Å²) >= 11 is 0. The Balaban J connectivity index is 2.36. The molecule has 1 unspecified atom stereocenters. The van der Waals surface area contributed by atoms with Gasteiger partial charge in [0.25, 0.3) is 5.56 Å². The number of carbonyl (C=O) groups excluding carboxylic acids is 1. The zero-order valence-corrected chi connectivity index (χ0v) is 12.9. The van der Waals surface area contributed by atoms with E-state index in [1.807, 2.05) is 11.8 Å². The number of nitrogens with zero attached hydrogens (tertiary/aromatic N) is 4. The van der Waals surface area contributed by atoms with E-state index in [4.69, 9.17) is 0 Å². The third kappa shape index (κ3) is 3.24. The first-order chi connectivity index (χ1) is 10.1. The van der Waals surface area contributed by atoms with Crippen molar-refractivity contribution < 1.29 is 4.79 Å². The maximum atomic E-state index is 12.5. The van der Waals surface area contributed by atoms with Crippen LogP contribution in [0, 0.1) is 0 Å². The average Bonchev–Trinajstić information content (AvgIpc) is 2.49. The standard InChI is InChI=1S/C14H23N5O2/c1-4-7-18-8-6-16-12(14(18)21)19-9-5-15-10-11(19)13(20)17(2)3/h6,8,11,15H,4-5,7,9-10H2,1-3H3. The zero-order valence-electron chi connectivity index (χ0n) is 12.9. The molecule has 1 aliphatic rings. The van der Waals surface area contributed by atoms with Crippen molar-refractivity contribution in [3.8, 4) is 0 Å². The molecule has 0 spiro atoms. The molecule has 1 saturated heterocycles. The molecule has 1 amide bonds. The van der Waals surface area contributed by atoms with Crippen LogP contribution in [-0.2, 0) is 11.3 Å². The number of anilines is 1. The van der Waals surface area contributed by atoms with E-state index in [-0.39, 0.29) is 17.5 Å². The smallest absolute Gasteiger partial charge is 0.293 e. The van der Waals surface area contributed by atoms with E-state index in [2.05, 4.69) is 10.3 Å². The highest BCUT2D eigenvalue weighted by Gasteiger charge is 2.32. The third-order valence-electron chi connectivity index (χ3n) is 3.60. The van der Waals surface area contributed by atoms with E-state index < -0.39 is 0 Å². The van der Waals surface area contributed by atoms with Gasteiger partial charge in [-0.15, -0.1) is 0 Å². The molecule has 1 aromatic heterocycles. The Bertz CT molecular complexity index is 555. The Morgan fingerprint density at radius 1 is 1.52 bits per heavy atom. The molecule has 21 heavy (non-hydrogen) atoms. The molecular formula is C14H23N5O2. The van der Waals surface area contributed by atoms with Gasteiger partial charge in [0.2, 0.25) is 5.91 Å². The minimum atomic E-state index is -0.383. The lowest BCUT2D eigenvalue weighted by Gasteiger charge is -2.36. The van der Waals surface area contributed by atoms with Crippen LogP contribution in [0.25, 0.3) is 0 Å². The number of likely N-dealkylation sites (N-methyl/N-ethyl adjacent to an activating group) is 1. The second-order valence-electron chi connectivity index (χ2n) is 5.40. The lowest BCUT2D eigenvalue weighted by molar-refractivity contribution is -0.130. The monoisotopic (exact) mass is 293 g/mol. The van der Waals surface area contributed by atoms with Gasteiger partial charge in [-0.05, 0) is 6.42 Å². The van der Waals surface area contributed by atoms with Crippen LogP contribution in [-0.4, -0.2) is 60.1 Å². The molecule has 2 rings (SSSR count). The van der Waals surface area contributed by atoms with Crippen LogP contribution in [0.2, 0.25) is 0 Å². The van der Waals surface area contributed by atoms with Gasteiger partial charge in [0, 0.05) is 52.7 Å². The summed E-state index contributed by atoms with van der Waals surface area (Å²) in [5, 5.41) is 3.20. The molecule has 1 aliphatic heterocycles. The first-order valence-corrected chi connectivity index (χ1v) is 7.30. The number of nitrogens with one attached hydrogen (secondary N) is 1. The van der Waals surface area contributed by atoms with E-state index in [0.717, 1.165) is 13.0 Å². The molecule has 1 aromatic rings. The van der Waals surface area contributed by atoms with Crippen molar-refractivity contribution in [2.75, 3.05) is 38.6 Å². The van der Waals surface area contributed by atoms with Gasteiger partial charge in [-0.3, -0.25) is 9.59 Å². The number of hydrogen-bond donors (Lipinski definition) is 1.